The van der Waals surface area contributed by atoms with Crippen molar-refractivity contribution >= 4 is 45.7 Å². The number of amides is 2. The Kier molecular flexibility index (Phi) is 6.56. The summed E-state index contributed by atoms with van der Waals surface area (Å²) < 4.78 is 0.692. The minimum absolute atomic E-state index is 0.0223. The molecule has 0 saturated heterocycles. The first-order valence-electron chi connectivity index (χ1n) is 7.26. The summed E-state index contributed by atoms with van der Waals surface area (Å²) in [7, 11) is 1.52. The van der Waals surface area contributed by atoms with Crippen molar-refractivity contribution in [2.24, 2.45) is 0 Å². The molecule has 1 aromatic heterocycles. The van der Waals surface area contributed by atoms with Gasteiger partial charge in [-0.15, -0.1) is 10.2 Å². The number of rotatable bonds is 7. The van der Waals surface area contributed by atoms with Gasteiger partial charge in [-0.1, -0.05) is 40.8 Å². The monoisotopic (exact) mass is 365 g/mol. The van der Waals surface area contributed by atoms with Gasteiger partial charge in [0.25, 0.3) is 0 Å². The van der Waals surface area contributed by atoms with Crippen LogP contribution in [0.4, 0.5) is 10.8 Å². The summed E-state index contributed by atoms with van der Waals surface area (Å²) in [5, 5.41) is 17.0. The van der Waals surface area contributed by atoms with Gasteiger partial charge in [0, 0.05) is 12.7 Å². The number of anilines is 2. The van der Waals surface area contributed by atoms with Crippen LogP contribution in [0.15, 0.2) is 22.5 Å². The van der Waals surface area contributed by atoms with E-state index in [0.717, 1.165) is 11.3 Å². The molecule has 0 spiro atoms. The first-order chi connectivity index (χ1) is 11.5. The van der Waals surface area contributed by atoms with Crippen LogP contribution in [0.25, 0.3) is 0 Å². The zero-order valence-electron chi connectivity index (χ0n) is 13.7. The third-order valence-electron chi connectivity index (χ3n) is 3.08. The third-order valence-corrected chi connectivity index (χ3v) is 5.05. The van der Waals surface area contributed by atoms with Crippen LogP contribution in [0.2, 0.25) is 0 Å². The molecule has 0 fully saturated rings. The second-order valence-electron chi connectivity index (χ2n) is 5.06. The number of nitrogens with zero attached hydrogens (tertiary/aromatic N) is 2. The molecule has 2 aromatic rings. The Labute approximate surface area is 148 Å². The smallest absolute Gasteiger partial charge is 0.239 e. The van der Waals surface area contributed by atoms with Crippen molar-refractivity contribution in [3.05, 3.63) is 29.3 Å². The lowest BCUT2D eigenvalue weighted by atomic mass is 10.1. The van der Waals surface area contributed by atoms with Crippen LogP contribution in [0.5, 0.6) is 0 Å². The zero-order valence-corrected chi connectivity index (χ0v) is 15.3. The fourth-order valence-electron chi connectivity index (χ4n) is 1.83. The number of aryl methyl sites for hydroxylation is 2. The van der Waals surface area contributed by atoms with E-state index in [1.54, 1.807) is 0 Å². The van der Waals surface area contributed by atoms with E-state index in [2.05, 4.69) is 32.2 Å². The first-order valence-corrected chi connectivity index (χ1v) is 9.06. The highest BCUT2D eigenvalue weighted by atomic mass is 32.2. The average Bonchev–Trinajstić information content (AvgIpc) is 3.01. The van der Waals surface area contributed by atoms with Crippen molar-refractivity contribution in [1.29, 1.82) is 0 Å². The summed E-state index contributed by atoms with van der Waals surface area (Å²) in [6.45, 7) is 4.06. The van der Waals surface area contributed by atoms with Crippen LogP contribution < -0.4 is 16.0 Å². The molecule has 128 valence electrons. The molecular formula is C15H19N5O2S2. The van der Waals surface area contributed by atoms with E-state index in [0.29, 0.717) is 9.47 Å². The Morgan fingerprint density at radius 1 is 1.21 bits per heavy atom. The second-order valence-corrected chi connectivity index (χ2v) is 7.26. The number of hydrogen-bond acceptors (Lipinski definition) is 7. The zero-order chi connectivity index (χ0) is 17.5. The second kappa shape index (κ2) is 8.65. The molecular weight excluding hydrogens is 346 g/mol. The molecule has 0 aliphatic rings. The maximum Gasteiger partial charge on any atom is 0.239 e. The van der Waals surface area contributed by atoms with Gasteiger partial charge in [0.2, 0.25) is 16.9 Å². The summed E-state index contributed by atoms with van der Waals surface area (Å²) in [6, 6.07) is 6.13. The van der Waals surface area contributed by atoms with E-state index in [9.17, 15) is 9.59 Å². The van der Waals surface area contributed by atoms with Crippen molar-refractivity contribution < 1.29 is 9.59 Å². The van der Waals surface area contributed by atoms with E-state index >= 15 is 0 Å². The van der Waals surface area contributed by atoms with Gasteiger partial charge < -0.3 is 16.0 Å². The standard InChI is InChI=1S/C15H19N5O2S2/c1-9-4-5-11(10(2)6-9)18-14-19-20-15(24-14)23-8-13(22)17-7-12(21)16-3/h4-6H,7-8H2,1-3H3,(H,16,21)(H,17,22)(H,18,19). The predicted octanol–water partition coefficient (Wildman–Crippen LogP) is 1.85. The van der Waals surface area contributed by atoms with Gasteiger partial charge in [0.05, 0.1) is 12.3 Å². The van der Waals surface area contributed by atoms with E-state index in [1.807, 2.05) is 26.0 Å². The lowest BCUT2D eigenvalue weighted by Crippen LogP contribution is -2.35. The lowest BCUT2D eigenvalue weighted by molar-refractivity contribution is -0.124. The molecule has 0 bridgehead atoms. The number of hydrogen-bond donors (Lipinski definition) is 3. The highest BCUT2D eigenvalue weighted by molar-refractivity contribution is 8.01. The summed E-state index contributed by atoms with van der Waals surface area (Å²) in [6.07, 6.45) is 0. The molecule has 2 rings (SSSR count). The Bertz CT molecular complexity index is 732. The van der Waals surface area contributed by atoms with Crippen LogP contribution in [-0.4, -0.2) is 41.4 Å². The minimum Gasteiger partial charge on any atom is -0.358 e. The van der Waals surface area contributed by atoms with Crippen molar-refractivity contribution in [3.63, 3.8) is 0 Å². The average molecular weight is 365 g/mol. The number of nitrogens with one attached hydrogen (secondary N) is 3. The molecule has 1 heterocycles. The molecule has 9 heteroatoms. The third kappa shape index (κ3) is 5.50. The van der Waals surface area contributed by atoms with Gasteiger partial charge in [-0.2, -0.15) is 0 Å². The predicted molar refractivity (Wildman–Crippen MR) is 96.9 cm³/mol. The molecule has 24 heavy (non-hydrogen) atoms. The van der Waals surface area contributed by atoms with Crippen LogP contribution in [0, 0.1) is 13.8 Å². The molecule has 0 saturated carbocycles. The first kappa shape index (κ1) is 18.2. The van der Waals surface area contributed by atoms with Gasteiger partial charge in [-0.25, -0.2) is 0 Å². The summed E-state index contributed by atoms with van der Waals surface area (Å²) in [5.74, 6) is -0.262. The minimum atomic E-state index is -0.232. The molecule has 7 nitrogen and oxygen atoms in total. The quantitative estimate of drug-likeness (QED) is 0.648. The van der Waals surface area contributed by atoms with E-state index in [-0.39, 0.29) is 24.1 Å². The van der Waals surface area contributed by atoms with Crippen molar-refractivity contribution in [3.8, 4) is 0 Å². The van der Waals surface area contributed by atoms with Crippen LogP contribution in [-0.2, 0) is 9.59 Å². The summed E-state index contributed by atoms with van der Waals surface area (Å²) in [4.78, 5) is 22.7. The maximum atomic E-state index is 11.6. The van der Waals surface area contributed by atoms with Crippen molar-refractivity contribution in [1.82, 2.24) is 20.8 Å². The molecule has 0 unspecified atom stereocenters. The summed E-state index contributed by atoms with van der Waals surface area (Å²) in [5.41, 5.74) is 3.32. The van der Waals surface area contributed by atoms with Crippen LogP contribution in [0.3, 0.4) is 0 Å². The maximum absolute atomic E-state index is 11.6. The van der Waals surface area contributed by atoms with E-state index in [1.165, 1.54) is 35.7 Å². The number of carbonyl (C=O) groups excluding carboxylic acids is 2. The van der Waals surface area contributed by atoms with Gasteiger partial charge >= 0.3 is 0 Å². The largest absolute Gasteiger partial charge is 0.358 e. The number of carbonyl (C=O) groups is 2. The Balaban J connectivity index is 1.84. The molecule has 2 amide bonds. The van der Waals surface area contributed by atoms with E-state index < -0.39 is 0 Å². The molecule has 1 aromatic carbocycles. The topological polar surface area (TPSA) is 96.0 Å². The fourth-order valence-corrected chi connectivity index (χ4v) is 3.43. The fraction of sp³-hybridized carbons (Fsp3) is 0.333. The molecule has 3 N–H and O–H groups in total. The van der Waals surface area contributed by atoms with Gasteiger partial charge in [0.15, 0.2) is 4.34 Å². The summed E-state index contributed by atoms with van der Waals surface area (Å²) >= 11 is 2.67. The van der Waals surface area contributed by atoms with Gasteiger partial charge in [0.1, 0.15) is 0 Å². The van der Waals surface area contributed by atoms with Gasteiger partial charge in [-0.05, 0) is 25.5 Å². The highest BCUT2D eigenvalue weighted by Gasteiger charge is 2.10. The number of likely N-dealkylation sites (N-methyl/N-ethyl adjacent to an activating group) is 1. The molecule has 0 aliphatic carbocycles. The number of aromatic nitrogens is 2. The number of thioether (sulfide) groups is 1. The highest BCUT2D eigenvalue weighted by Crippen LogP contribution is 2.28. The van der Waals surface area contributed by atoms with E-state index in [4.69, 9.17) is 0 Å². The number of benzene rings is 1. The molecule has 0 atom stereocenters. The normalized spacial score (nSPS) is 10.3. The Morgan fingerprint density at radius 2 is 2.00 bits per heavy atom. The molecule has 0 radical (unpaired) electrons. The Morgan fingerprint density at radius 3 is 2.71 bits per heavy atom. The van der Waals surface area contributed by atoms with Crippen molar-refractivity contribution in [2.45, 2.75) is 18.2 Å². The van der Waals surface area contributed by atoms with Crippen LogP contribution in [0.1, 0.15) is 11.1 Å². The Hall–Kier alpha value is -2.13. The lowest BCUT2D eigenvalue weighted by Gasteiger charge is -2.06. The van der Waals surface area contributed by atoms with Crippen LogP contribution >= 0.6 is 23.1 Å². The van der Waals surface area contributed by atoms with Crippen molar-refractivity contribution in [2.75, 3.05) is 24.7 Å². The molecule has 0 aliphatic heterocycles. The SMILES string of the molecule is CNC(=O)CNC(=O)CSc1nnc(Nc2ccc(C)cc2C)s1. The van der Waals surface area contributed by atoms with Gasteiger partial charge in [-0.3, -0.25) is 9.59 Å².